The zero-order chi connectivity index (χ0) is 13.7. The Balaban J connectivity index is 1.90. The van der Waals surface area contributed by atoms with E-state index in [2.05, 4.69) is 4.98 Å². The predicted octanol–water partition coefficient (Wildman–Crippen LogP) is 2.46. The van der Waals surface area contributed by atoms with Gasteiger partial charge in [0, 0.05) is 22.4 Å². The number of nitrogens with zero attached hydrogens (tertiary/aromatic N) is 1. The molecule has 0 aliphatic heterocycles. The monoisotopic (exact) mass is 294 g/mol. The summed E-state index contributed by atoms with van der Waals surface area (Å²) in [6.07, 6.45) is 0. The molecule has 2 aromatic rings. The number of hydrogen-bond acceptors (Lipinski definition) is 5. The molecule has 19 heavy (non-hydrogen) atoms. The summed E-state index contributed by atoms with van der Waals surface area (Å²) in [6, 6.07) is 9.17. The first-order valence-corrected chi connectivity index (χ1v) is 7.76. The first-order valence-electron chi connectivity index (χ1n) is 5.73. The lowest BCUT2D eigenvalue weighted by Crippen LogP contribution is -2.32. The number of aliphatic carboxylic acids is 1. The number of thioether (sulfide) groups is 1. The molecule has 0 spiro atoms. The van der Waals surface area contributed by atoms with Crippen LogP contribution in [0.4, 0.5) is 0 Å². The van der Waals surface area contributed by atoms with E-state index in [1.165, 1.54) is 11.8 Å². The summed E-state index contributed by atoms with van der Waals surface area (Å²) in [7, 11) is 0. The smallest absolute Gasteiger partial charge is 0.321 e. The average Bonchev–Trinajstić information content (AvgIpc) is 2.88. The fourth-order valence-electron chi connectivity index (χ4n) is 1.46. The van der Waals surface area contributed by atoms with E-state index in [4.69, 9.17) is 10.8 Å². The van der Waals surface area contributed by atoms with Crippen LogP contribution in [0.25, 0.3) is 11.3 Å². The van der Waals surface area contributed by atoms with E-state index in [-0.39, 0.29) is 0 Å². The Labute approximate surface area is 119 Å². The van der Waals surface area contributed by atoms with Crippen LogP contribution in [0, 0.1) is 0 Å². The van der Waals surface area contributed by atoms with Crippen LogP contribution in [-0.2, 0) is 10.5 Å². The third-order valence-corrected chi connectivity index (χ3v) is 4.57. The van der Waals surface area contributed by atoms with Gasteiger partial charge in [0.15, 0.2) is 0 Å². The standard InChI is InChI=1S/C13H14N2O2S2/c14-10(13(16)17)6-18-8-12-15-11(7-19-12)9-4-2-1-3-5-9/h1-5,7,10H,6,8,14H2,(H,16,17). The van der Waals surface area contributed by atoms with Crippen LogP contribution >= 0.6 is 23.1 Å². The van der Waals surface area contributed by atoms with Crippen molar-refractivity contribution in [2.75, 3.05) is 5.75 Å². The number of carboxylic acids is 1. The van der Waals surface area contributed by atoms with Crippen molar-refractivity contribution in [2.45, 2.75) is 11.8 Å². The van der Waals surface area contributed by atoms with E-state index in [1.54, 1.807) is 11.3 Å². The third-order valence-electron chi connectivity index (χ3n) is 2.46. The van der Waals surface area contributed by atoms with Crippen molar-refractivity contribution in [3.05, 3.63) is 40.7 Å². The maximum absolute atomic E-state index is 10.6. The lowest BCUT2D eigenvalue weighted by atomic mass is 10.2. The van der Waals surface area contributed by atoms with Crippen molar-refractivity contribution in [2.24, 2.45) is 5.73 Å². The first-order chi connectivity index (χ1) is 9.16. The van der Waals surface area contributed by atoms with E-state index < -0.39 is 12.0 Å². The normalized spacial score (nSPS) is 12.3. The first kappa shape index (κ1) is 14.0. The van der Waals surface area contributed by atoms with E-state index in [0.717, 1.165) is 16.3 Å². The average molecular weight is 294 g/mol. The van der Waals surface area contributed by atoms with Crippen molar-refractivity contribution in [3.63, 3.8) is 0 Å². The molecule has 3 N–H and O–H groups in total. The van der Waals surface area contributed by atoms with Crippen LogP contribution in [0.3, 0.4) is 0 Å². The van der Waals surface area contributed by atoms with E-state index in [0.29, 0.717) is 11.5 Å². The second-order valence-corrected chi connectivity index (χ2v) is 5.93. The van der Waals surface area contributed by atoms with Crippen LogP contribution in [0.1, 0.15) is 5.01 Å². The molecule has 0 aliphatic rings. The van der Waals surface area contributed by atoms with E-state index >= 15 is 0 Å². The van der Waals surface area contributed by atoms with Crippen LogP contribution in [0.2, 0.25) is 0 Å². The van der Waals surface area contributed by atoms with Crippen LogP contribution in [0.15, 0.2) is 35.7 Å². The van der Waals surface area contributed by atoms with Gasteiger partial charge in [-0.25, -0.2) is 4.98 Å². The quantitative estimate of drug-likeness (QED) is 0.856. The number of hydrogen-bond donors (Lipinski definition) is 2. The van der Waals surface area contributed by atoms with Gasteiger partial charge < -0.3 is 10.8 Å². The molecular formula is C13H14N2O2S2. The van der Waals surface area contributed by atoms with E-state index in [1.807, 2.05) is 35.7 Å². The SMILES string of the molecule is NC(CSCc1nc(-c2ccccc2)cs1)C(=O)O. The number of carboxylic acid groups (broad SMARTS) is 1. The van der Waals surface area contributed by atoms with Crippen LogP contribution in [-0.4, -0.2) is 27.9 Å². The van der Waals surface area contributed by atoms with Crippen molar-refractivity contribution < 1.29 is 9.90 Å². The molecule has 1 atom stereocenters. The summed E-state index contributed by atoms with van der Waals surface area (Å²) in [5, 5.41) is 11.7. The summed E-state index contributed by atoms with van der Waals surface area (Å²) in [4.78, 5) is 15.1. The number of thiazole rings is 1. The largest absolute Gasteiger partial charge is 0.480 e. The van der Waals surface area contributed by atoms with E-state index in [9.17, 15) is 4.79 Å². The van der Waals surface area contributed by atoms with Gasteiger partial charge in [-0.3, -0.25) is 4.79 Å². The molecule has 6 heteroatoms. The van der Waals surface area contributed by atoms with Gasteiger partial charge in [-0.2, -0.15) is 11.8 Å². The molecule has 0 amide bonds. The number of benzene rings is 1. The summed E-state index contributed by atoms with van der Waals surface area (Å²) >= 11 is 3.08. The Morgan fingerprint density at radius 2 is 2.16 bits per heavy atom. The molecule has 0 fully saturated rings. The molecule has 0 aliphatic carbocycles. The van der Waals surface area contributed by atoms with Gasteiger partial charge in [0.1, 0.15) is 11.0 Å². The van der Waals surface area contributed by atoms with Gasteiger partial charge in [-0.1, -0.05) is 30.3 Å². The Bertz CT molecular complexity index is 543. The number of carbonyl (C=O) groups is 1. The third kappa shape index (κ3) is 4.05. The van der Waals surface area contributed by atoms with Crippen molar-refractivity contribution in [1.29, 1.82) is 0 Å². The molecule has 2 rings (SSSR count). The zero-order valence-electron chi connectivity index (χ0n) is 10.2. The number of rotatable bonds is 6. The second kappa shape index (κ2) is 6.70. The molecule has 0 bridgehead atoms. The lowest BCUT2D eigenvalue weighted by molar-refractivity contribution is -0.137. The molecule has 1 unspecified atom stereocenters. The Morgan fingerprint density at radius 1 is 1.42 bits per heavy atom. The molecule has 1 aromatic heterocycles. The summed E-state index contributed by atoms with van der Waals surface area (Å²) in [6.45, 7) is 0. The molecule has 1 aromatic carbocycles. The molecular weight excluding hydrogens is 280 g/mol. The minimum Gasteiger partial charge on any atom is -0.480 e. The van der Waals surface area contributed by atoms with Gasteiger partial charge in [-0.05, 0) is 0 Å². The predicted molar refractivity (Wildman–Crippen MR) is 79.3 cm³/mol. The maximum Gasteiger partial charge on any atom is 0.321 e. The summed E-state index contributed by atoms with van der Waals surface area (Å²) in [5.41, 5.74) is 7.50. The van der Waals surface area contributed by atoms with Crippen molar-refractivity contribution in [1.82, 2.24) is 4.98 Å². The lowest BCUT2D eigenvalue weighted by Gasteiger charge is -2.03. The minimum atomic E-state index is -0.961. The number of nitrogens with two attached hydrogens (primary N) is 1. The Morgan fingerprint density at radius 3 is 2.84 bits per heavy atom. The Hall–Kier alpha value is -1.37. The van der Waals surface area contributed by atoms with Gasteiger partial charge in [0.25, 0.3) is 0 Å². The topological polar surface area (TPSA) is 76.2 Å². The van der Waals surface area contributed by atoms with Gasteiger partial charge in [0.05, 0.1) is 5.69 Å². The highest BCUT2D eigenvalue weighted by Gasteiger charge is 2.11. The molecule has 4 nitrogen and oxygen atoms in total. The molecule has 0 saturated heterocycles. The molecule has 1 heterocycles. The summed E-state index contributed by atoms with van der Waals surface area (Å²) in [5.74, 6) is 0.130. The second-order valence-electron chi connectivity index (χ2n) is 3.95. The van der Waals surface area contributed by atoms with Gasteiger partial charge in [0.2, 0.25) is 0 Å². The highest BCUT2D eigenvalue weighted by atomic mass is 32.2. The summed E-state index contributed by atoms with van der Waals surface area (Å²) < 4.78 is 0. The highest BCUT2D eigenvalue weighted by Crippen LogP contribution is 2.24. The van der Waals surface area contributed by atoms with Crippen molar-refractivity contribution >= 4 is 29.1 Å². The number of aromatic nitrogens is 1. The van der Waals surface area contributed by atoms with Gasteiger partial charge in [-0.15, -0.1) is 11.3 Å². The molecule has 0 radical (unpaired) electrons. The molecule has 100 valence electrons. The fraction of sp³-hybridized carbons (Fsp3) is 0.231. The minimum absolute atomic E-state index is 0.398. The van der Waals surface area contributed by atoms with Crippen molar-refractivity contribution in [3.8, 4) is 11.3 Å². The van der Waals surface area contributed by atoms with Gasteiger partial charge >= 0.3 is 5.97 Å². The highest BCUT2D eigenvalue weighted by molar-refractivity contribution is 7.98. The van der Waals surface area contributed by atoms with Crippen LogP contribution < -0.4 is 5.73 Å². The maximum atomic E-state index is 10.6. The fourth-order valence-corrected chi connectivity index (χ4v) is 3.33. The Kier molecular flexibility index (Phi) is 4.95. The van der Waals surface area contributed by atoms with Crippen LogP contribution in [0.5, 0.6) is 0 Å². The zero-order valence-corrected chi connectivity index (χ0v) is 11.8. The molecule has 0 saturated carbocycles.